The second kappa shape index (κ2) is 5.70. The van der Waals surface area contributed by atoms with Gasteiger partial charge in [-0.1, -0.05) is 25.5 Å². The van der Waals surface area contributed by atoms with E-state index in [1.165, 1.54) is 7.05 Å². The van der Waals surface area contributed by atoms with Crippen LogP contribution in [-0.2, 0) is 0 Å². The van der Waals surface area contributed by atoms with Gasteiger partial charge in [-0.2, -0.15) is 13.5 Å². The predicted octanol–water partition coefficient (Wildman–Crippen LogP) is 2.36. The highest BCUT2D eigenvalue weighted by molar-refractivity contribution is 7.59. The van der Waals surface area contributed by atoms with E-state index < -0.39 is 0 Å². The molecular formula is C12H17NO2S. The molecule has 3 nitrogen and oxygen atoms in total. The van der Waals surface area contributed by atoms with Crippen LogP contribution in [0.3, 0.4) is 0 Å². The summed E-state index contributed by atoms with van der Waals surface area (Å²) in [5.41, 5.74) is 2.03. The summed E-state index contributed by atoms with van der Waals surface area (Å²) in [6, 6.07) is 5.29. The van der Waals surface area contributed by atoms with E-state index in [2.05, 4.69) is 0 Å². The monoisotopic (exact) mass is 239 g/mol. The molecule has 0 saturated heterocycles. The molecule has 0 aromatic heterocycles. The maximum Gasteiger partial charge on any atom is 0.261 e. The first-order valence-corrected chi connectivity index (χ1v) is 5.04. The van der Waals surface area contributed by atoms with Gasteiger partial charge in [-0.3, -0.25) is 14.5 Å². The van der Waals surface area contributed by atoms with Crippen molar-refractivity contribution in [2.45, 2.75) is 20.8 Å². The number of nitrogens with zero attached hydrogens (tertiary/aromatic N) is 1. The molecule has 0 unspecified atom stereocenters. The van der Waals surface area contributed by atoms with Crippen molar-refractivity contribution in [3.05, 3.63) is 34.9 Å². The molecular weight excluding hydrogens is 222 g/mol. The Morgan fingerprint density at radius 1 is 1.00 bits per heavy atom. The number of benzene rings is 1. The van der Waals surface area contributed by atoms with Crippen molar-refractivity contribution in [3.8, 4) is 0 Å². The van der Waals surface area contributed by atoms with Crippen LogP contribution in [0.1, 0.15) is 40.1 Å². The minimum atomic E-state index is -0.208. The summed E-state index contributed by atoms with van der Waals surface area (Å²) >= 11 is 0. The van der Waals surface area contributed by atoms with Crippen molar-refractivity contribution < 1.29 is 9.59 Å². The van der Waals surface area contributed by atoms with Crippen molar-refractivity contribution in [1.82, 2.24) is 4.90 Å². The van der Waals surface area contributed by atoms with Crippen LogP contribution >= 0.6 is 13.5 Å². The molecule has 1 aromatic rings. The highest BCUT2D eigenvalue weighted by Crippen LogP contribution is 2.21. The minimum absolute atomic E-state index is 0. The molecule has 0 radical (unpaired) electrons. The van der Waals surface area contributed by atoms with E-state index in [0.29, 0.717) is 11.1 Å². The quantitative estimate of drug-likeness (QED) is 0.652. The zero-order chi connectivity index (χ0) is 11.6. The van der Waals surface area contributed by atoms with E-state index in [9.17, 15) is 9.59 Å². The molecule has 0 fully saturated rings. The SMILES string of the molecule is CC.Cc1ccc2c(c1)C(=O)N(C)C2=O.S. The zero-order valence-corrected chi connectivity index (χ0v) is 11.0. The molecule has 2 amide bonds. The molecule has 0 aliphatic carbocycles. The second-order valence-electron chi connectivity index (χ2n) is 3.22. The number of hydrogen-bond acceptors (Lipinski definition) is 2. The summed E-state index contributed by atoms with van der Waals surface area (Å²) in [5.74, 6) is -0.413. The first kappa shape index (κ1) is 14.7. The summed E-state index contributed by atoms with van der Waals surface area (Å²) in [6.45, 7) is 5.90. The van der Waals surface area contributed by atoms with Crippen molar-refractivity contribution >= 4 is 25.3 Å². The van der Waals surface area contributed by atoms with E-state index in [4.69, 9.17) is 0 Å². The number of fused-ring (bicyclic) bond motifs is 1. The first-order chi connectivity index (χ1) is 7.11. The standard InChI is InChI=1S/C10H9NO2.C2H6.H2S/c1-6-3-4-7-8(5-6)10(13)11(2)9(7)12;1-2;/h3-5H,1-2H3;1-2H3;1H2. The third-order valence-electron chi connectivity index (χ3n) is 2.25. The van der Waals surface area contributed by atoms with Crippen LogP contribution in [0.5, 0.6) is 0 Å². The lowest BCUT2D eigenvalue weighted by Crippen LogP contribution is -2.24. The normalized spacial score (nSPS) is 12.6. The predicted molar refractivity (Wildman–Crippen MR) is 69.3 cm³/mol. The van der Waals surface area contributed by atoms with Crippen LogP contribution in [0.2, 0.25) is 0 Å². The number of amides is 2. The van der Waals surface area contributed by atoms with E-state index in [1.807, 2.05) is 26.8 Å². The summed E-state index contributed by atoms with van der Waals surface area (Å²) in [6.07, 6.45) is 0. The van der Waals surface area contributed by atoms with E-state index in [0.717, 1.165) is 10.5 Å². The molecule has 1 aliphatic rings. The molecule has 16 heavy (non-hydrogen) atoms. The summed E-state index contributed by atoms with van der Waals surface area (Å²) in [7, 11) is 1.50. The smallest absolute Gasteiger partial charge is 0.261 e. The number of carbonyl (C=O) groups is 2. The lowest BCUT2D eigenvalue weighted by molar-refractivity contribution is 0.0693. The number of hydrogen-bond donors (Lipinski definition) is 0. The van der Waals surface area contributed by atoms with Gasteiger partial charge in [0.1, 0.15) is 0 Å². The number of carbonyl (C=O) groups excluding carboxylic acids is 2. The van der Waals surface area contributed by atoms with Crippen LogP contribution in [0.25, 0.3) is 0 Å². The van der Waals surface area contributed by atoms with E-state index >= 15 is 0 Å². The zero-order valence-electron chi connectivity index (χ0n) is 10.00. The van der Waals surface area contributed by atoms with Gasteiger partial charge in [-0.15, -0.1) is 0 Å². The first-order valence-electron chi connectivity index (χ1n) is 5.04. The molecule has 0 spiro atoms. The maximum absolute atomic E-state index is 11.5. The average Bonchev–Trinajstić information content (AvgIpc) is 2.47. The van der Waals surface area contributed by atoms with Gasteiger partial charge in [0.15, 0.2) is 0 Å². The van der Waals surface area contributed by atoms with Gasteiger partial charge in [-0.25, -0.2) is 0 Å². The lowest BCUT2D eigenvalue weighted by Gasteiger charge is -2.02. The Bertz CT molecular complexity index is 415. The minimum Gasteiger partial charge on any atom is -0.277 e. The maximum atomic E-state index is 11.5. The average molecular weight is 239 g/mol. The van der Waals surface area contributed by atoms with Gasteiger partial charge >= 0.3 is 0 Å². The van der Waals surface area contributed by atoms with Crippen LogP contribution in [0.4, 0.5) is 0 Å². The van der Waals surface area contributed by atoms with E-state index in [1.54, 1.807) is 12.1 Å². The van der Waals surface area contributed by atoms with E-state index in [-0.39, 0.29) is 25.3 Å². The van der Waals surface area contributed by atoms with Crippen molar-refractivity contribution in [1.29, 1.82) is 0 Å². The second-order valence-corrected chi connectivity index (χ2v) is 3.22. The van der Waals surface area contributed by atoms with Crippen LogP contribution in [0.15, 0.2) is 18.2 Å². The molecule has 1 heterocycles. The highest BCUT2D eigenvalue weighted by atomic mass is 32.1. The Balaban J connectivity index is 0.000000711. The Hall–Kier alpha value is -1.29. The van der Waals surface area contributed by atoms with Gasteiger partial charge in [0, 0.05) is 7.05 Å². The highest BCUT2D eigenvalue weighted by Gasteiger charge is 2.32. The van der Waals surface area contributed by atoms with Gasteiger partial charge < -0.3 is 0 Å². The topological polar surface area (TPSA) is 37.4 Å². The van der Waals surface area contributed by atoms with Crippen molar-refractivity contribution in [2.75, 3.05) is 7.05 Å². The van der Waals surface area contributed by atoms with Gasteiger partial charge in [0.2, 0.25) is 0 Å². The Labute approximate surface area is 103 Å². The van der Waals surface area contributed by atoms with Crippen LogP contribution < -0.4 is 0 Å². The third-order valence-corrected chi connectivity index (χ3v) is 2.25. The number of aryl methyl sites for hydroxylation is 1. The lowest BCUT2D eigenvalue weighted by atomic mass is 10.1. The molecule has 0 bridgehead atoms. The largest absolute Gasteiger partial charge is 0.277 e. The molecule has 0 saturated carbocycles. The molecule has 2 rings (SSSR count). The van der Waals surface area contributed by atoms with Gasteiger partial charge in [0.05, 0.1) is 11.1 Å². The van der Waals surface area contributed by atoms with Crippen LogP contribution in [-0.4, -0.2) is 23.8 Å². The molecule has 0 N–H and O–H groups in total. The van der Waals surface area contributed by atoms with Crippen LogP contribution in [0, 0.1) is 6.92 Å². The number of rotatable bonds is 0. The fourth-order valence-electron chi connectivity index (χ4n) is 1.48. The third kappa shape index (κ3) is 2.27. The Kier molecular flexibility index (Phi) is 5.24. The fraction of sp³-hybridized carbons (Fsp3) is 0.333. The molecule has 1 aromatic carbocycles. The summed E-state index contributed by atoms with van der Waals surface area (Å²) in [5, 5.41) is 0. The molecule has 4 heteroatoms. The molecule has 1 aliphatic heterocycles. The summed E-state index contributed by atoms with van der Waals surface area (Å²) in [4.78, 5) is 24.0. The fourth-order valence-corrected chi connectivity index (χ4v) is 1.48. The van der Waals surface area contributed by atoms with Gasteiger partial charge in [0.25, 0.3) is 11.8 Å². The van der Waals surface area contributed by atoms with Crippen molar-refractivity contribution in [3.63, 3.8) is 0 Å². The molecule has 0 atom stereocenters. The van der Waals surface area contributed by atoms with Crippen molar-refractivity contribution in [2.24, 2.45) is 0 Å². The Morgan fingerprint density at radius 2 is 1.50 bits per heavy atom. The van der Waals surface area contributed by atoms with Gasteiger partial charge in [-0.05, 0) is 19.1 Å². The summed E-state index contributed by atoms with van der Waals surface area (Å²) < 4.78 is 0. The number of imide groups is 1. The Morgan fingerprint density at radius 3 is 2.06 bits per heavy atom. The molecule has 88 valence electrons.